The van der Waals surface area contributed by atoms with E-state index in [2.05, 4.69) is 36.7 Å². The molecule has 1 N–H and O–H groups in total. The minimum Gasteiger partial charge on any atom is -0.342 e. The normalized spacial score (nSPS) is 22.8. The van der Waals surface area contributed by atoms with Crippen molar-refractivity contribution in [2.24, 2.45) is 17.8 Å². The highest BCUT2D eigenvalue weighted by atomic mass is 16.2. The Morgan fingerprint density at radius 1 is 1.11 bits per heavy atom. The summed E-state index contributed by atoms with van der Waals surface area (Å²) < 4.78 is 2.40. The molecule has 2 aromatic rings. The molecule has 194 valence electrons. The summed E-state index contributed by atoms with van der Waals surface area (Å²) in [5.41, 5.74) is 3.10. The van der Waals surface area contributed by atoms with E-state index in [4.69, 9.17) is 10.2 Å². The topological polar surface area (TPSA) is 80.1 Å². The van der Waals surface area contributed by atoms with Crippen LogP contribution in [-0.2, 0) is 9.59 Å². The van der Waals surface area contributed by atoms with Crippen LogP contribution in [0.5, 0.6) is 0 Å². The molecular formula is C29H41N5O2. The summed E-state index contributed by atoms with van der Waals surface area (Å²) in [4.78, 5) is 27.1. The lowest BCUT2D eigenvalue weighted by Crippen LogP contribution is -2.52. The number of nitrogens with zero attached hydrogens (tertiary/aromatic N) is 4. The summed E-state index contributed by atoms with van der Waals surface area (Å²) >= 11 is 0. The number of hydrogen-bond acceptors (Lipinski definition) is 4. The molecule has 1 aromatic heterocycles. The Labute approximate surface area is 215 Å². The third kappa shape index (κ3) is 5.21. The Bertz CT molecular complexity index is 1120. The van der Waals surface area contributed by atoms with Gasteiger partial charge in [0.2, 0.25) is 11.8 Å². The van der Waals surface area contributed by atoms with E-state index >= 15 is 0 Å². The first-order chi connectivity index (χ1) is 17.2. The van der Waals surface area contributed by atoms with Crippen LogP contribution in [0, 0.1) is 31.6 Å². The van der Waals surface area contributed by atoms with Gasteiger partial charge in [-0.2, -0.15) is 0 Å². The fourth-order valence-corrected chi connectivity index (χ4v) is 6.21. The fraction of sp³-hybridized carbons (Fsp3) is 0.655. The highest BCUT2D eigenvalue weighted by molar-refractivity contribution is 5.92. The van der Waals surface area contributed by atoms with Gasteiger partial charge in [-0.15, -0.1) is 10.2 Å². The van der Waals surface area contributed by atoms with Crippen molar-refractivity contribution in [3.63, 3.8) is 0 Å². The van der Waals surface area contributed by atoms with E-state index in [-0.39, 0.29) is 23.7 Å². The van der Waals surface area contributed by atoms with Gasteiger partial charge in [-0.25, -0.2) is 0 Å². The zero-order valence-electron chi connectivity index (χ0n) is 22.5. The zero-order chi connectivity index (χ0) is 25.6. The molecule has 0 spiro atoms. The Morgan fingerprint density at radius 2 is 1.83 bits per heavy atom. The van der Waals surface area contributed by atoms with Crippen LogP contribution in [0.15, 0.2) is 18.2 Å². The first-order valence-electron chi connectivity index (χ1n) is 13.8. The lowest BCUT2D eigenvalue weighted by molar-refractivity contribution is -0.135. The van der Waals surface area contributed by atoms with Gasteiger partial charge in [0.05, 0.1) is 0 Å². The molecule has 3 aliphatic rings. The van der Waals surface area contributed by atoms with Gasteiger partial charge < -0.3 is 14.8 Å². The lowest BCUT2D eigenvalue weighted by Gasteiger charge is -2.42. The van der Waals surface area contributed by atoms with E-state index < -0.39 is 0 Å². The molecule has 0 unspecified atom stereocenters. The van der Waals surface area contributed by atoms with Crippen molar-refractivity contribution in [1.29, 1.82) is 0 Å². The molecule has 2 aliphatic carbocycles. The number of likely N-dealkylation sites (tertiary alicyclic amines) is 1. The van der Waals surface area contributed by atoms with Gasteiger partial charge in [0.15, 0.2) is 0 Å². The van der Waals surface area contributed by atoms with Crippen LogP contribution in [0.4, 0.5) is 5.69 Å². The van der Waals surface area contributed by atoms with Gasteiger partial charge in [-0.05, 0) is 69.4 Å². The summed E-state index contributed by atoms with van der Waals surface area (Å²) in [6.07, 6.45) is 6.35. The maximum Gasteiger partial charge on any atom is 0.225 e. The van der Waals surface area contributed by atoms with E-state index in [0.29, 0.717) is 31.5 Å². The molecule has 5 rings (SSSR count). The van der Waals surface area contributed by atoms with Gasteiger partial charge >= 0.3 is 0 Å². The van der Waals surface area contributed by atoms with E-state index in [1.165, 1.54) is 24.8 Å². The number of aromatic nitrogens is 3. The fourth-order valence-electron chi connectivity index (χ4n) is 6.21. The number of anilines is 1. The Balaban J connectivity index is 1.37. The molecule has 2 amide bonds. The SMILES string of the molecule is CC(=O)N1CC([C@H](CC(=O)Nc2ccc(C)cc2C)c2nnc([C@H]3C[C@@H](CC(C)C)C3)n2C2CC2)C1. The summed E-state index contributed by atoms with van der Waals surface area (Å²) in [7, 11) is 0. The number of hydrogen-bond donors (Lipinski definition) is 1. The number of nitrogens with one attached hydrogen (secondary N) is 1. The van der Waals surface area contributed by atoms with Crippen molar-refractivity contribution in [2.45, 2.75) is 91.0 Å². The average molecular weight is 492 g/mol. The summed E-state index contributed by atoms with van der Waals surface area (Å²) in [5.74, 6) is 4.38. The molecule has 3 fully saturated rings. The molecule has 1 atom stereocenters. The van der Waals surface area contributed by atoms with Crippen molar-refractivity contribution >= 4 is 17.5 Å². The number of rotatable bonds is 9. The van der Waals surface area contributed by atoms with Crippen molar-refractivity contribution in [3.8, 4) is 0 Å². The van der Waals surface area contributed by atoms with Gasteiger partial charge in [0, 0.05) is 55.9 Å². The number of amides is 2. The van der Waals surface area contributed by atoms with Crippen molar-refractivity contribution in [3.05, 3.63) is 41.0 Å². The van der Waals surface area contributed by atoms with Gasteiger partial charge in [0.1, 0.15) is 11.6 Å². The number of benzene rings is 1. The van der Waals surface area contributed by atoms with Crippen molar-refractivity contribution in [2.75, 3.05) is 18.4 Å². The highest BCUT2D eigenvalue weighted by Gasteiger charge is 2.43. The Morgan fingerprint density at radius 3 is 2.44 bits per heavy atom. The molecule has 7 nitrogen and oxygen atoms in total. The van der Waals surface area contributed by atoms with Crippen molar-refractivity contribution in [1.82, 2.24) is 19.7 Å². The van der Waals surface area contributed by atoms with E-state index in [9.17, 15) is 9.59 Å². The largest absolute Gasteiger partial charge is 0.342 e. The lowest BCUT2D eigenvalue weighted by atomic mass is 9.71. The van der Waals surface area contributed by atoms with E-state index in [1.54, 1.807) is 6.92 Å². The highest BCUT2D eigenvalue weighted by Crippen LogP contribution is 2.48. The van der Waals surface area contributed by atoms with Crippen LogP contribution in [0.25, 0.3) is 0 Å². The number of carbonyl (C=O) groups is 2. The predicted molar refractivity (Wildman–Crippen MR) is 141 cm³/mol. The first-order valence-corrected chi connectivity index (χ1v) is 13.8. The standard InChI is InChI=1S/C29H41N5O2/c1-17(2)10-21-12-22(13-21)28-31-32-29(34(28)24-7-8-24)25(23-15-33(16-23)20(5)35)14-27(36)30-26-9-6-18(3)11-19(26)4/h6,9,11,17,21-25H,7-8,10,12-16H2,1-5H3,(H,30,36)/t21-,22+,25-/m0/s1. The Kier molecular flexibility index (Phi) is 6.92. The minimum absolute atomic E-state index is 0.000710. The van der Waals surface area contributed by atoms with Crippen molar-refractivity contribution < 1.29 is 9.59 Å². The second-order valence-electron chi connectivity index (χ2n) is 12.0. The second-order valence-corrected chi connectivity index (χ2v) is 12.0. The van der Waals surface area contributed by atoms with Crippen LogP contribution in [-0.4, -0.2) is 44.6 Å². The quantitative estimate of drug-likeness (QED) is 0.512. The van der Waals surface area contributed by atoms with Gasteiger partial charge in [-0.1, -0.05) is 31.5 Å². The van der Waals surface area contributed by atoms with E-state index in [1.807, 2.05) is 24.0 Å². The number of aryl methyl sites for hydroxylation is 2. The van der Waals surface area contributed by atoms with Gasteiger partial charge in [-0.3, -0.25) is 9.59 Å². The minimum atomic E-state index is -0.0419. The van der Waals surface area contributed by atoms with Crippen LogP contribution in [0.2, 0.25) is 0 Å². The zero-order valence-corrected chi connectivity index (χ0v) is 22.5. The molecule has 1 aliphatic heterocycles. The molecular weight excluding hydrogens is 450 g/mol. The maximum absolute atomic E-state index is 13.3. The second kappa shape index (κ2) is 9.98. The molecule has 0 bridgehead atoms. The summed E-state index contributed by atoms with van der Waals surface area (Å²) in [6, 6.07) is 6.55. The smallest absolute Gasteiger partial charge is 0.225 e. The predicted octanol–water partition coefficient (Wildman–Crippen LogP) is 5.36. The van der Waals surface area contributed by atoms with Gasteiger partial charge in [0.25, 0.3) is 0 Å². The Hall–Kier alpha value is -2.70. The molecule has 2 heterocycles. The molecule has 0 radical (unpaired) electrons. The number of carbonyl (C=O) groups excluding carboxylic acids is 2. The maximum atomic E-state index is 13.3. The van der Waals surface area contributed by atoms with Crippen LogP contribution in [0.3, 0.4) is 0 Å². The van der Waals surface area contributed by atoms with Crippen LogP contribution >= 0.6 is 0 Å². The molecule has 2 saturated carbocycles. The van der Waals surface area contributed by atoms with E-state index in [0.717, 1.165) is 47.6 Å². The summed E-state index contributed by atoms with van der Waals surface area (Å²) in [5, 5.41) is 12.6. The summed E-state index contributed by atoms with van der Waals surface area (Å²) in [6.45, 7) is 11.7. The average Bonchev–Trinajstić information content (AvgIpc) is 3.49. The molecule has 7 heteroatoms. The third-order valence-corrected chi connectivity index (χ3v) is 8.38. The first kappa shape index (κ1) is 25.0. The van der Waals surface area contributed by atoms with Crippen LogP contribution in [0.1, 0.15) is 99.9 Å². The molecule has 1 saturated heterocycles. The third-order valence-electron chi connectivity index (χ3n) is 8.38. The molecule has 36 heavy (non-hydrogen) atoms. The monoisotopic (exact) mass is 491 g/mol. The molecule has 1 aromatic carbocycles. The van der Waals surface area contributed by atoms with Crippen LogP contribution < -0.4 is 5.32 Å².